The predicted molar refractivity (Wildman–Crippen MR) is 81.8 cm³/mol. The zero-order chi connectivity index (χ0) is 17.5. The van der Waals surface area contributed by atoms with E-state index in [-0.39, 0.29) is 6.54 Å². The maximum Gasteiger partial charge on any atom is 0.401 e. The number of carbonyl (C=O) groups is 1. The molecule has 0 heterocycles. The third kappa shape index (κ3) is 7.47. The van der Waals surface area contributed by atoms with Crippen LogP contribution in [-0.2, 0) is 11.3 Å². The SMILES string of the molecule is CC[C@@H](CO)N(CC(=O)NCc1cccc(C)c1)CC(F)(F)F. The molecule has 23 heavy (non-hydrogen) atoms. The van der Waals surface area contributed by atoms with Gasteiger partial charge in [-0.2, -0.15) is 13.2 Å². The van der Waals surface area contributed by atoms with Crippen molar-refractivity contribution in [2.75, 3.05) is 19.7 Å². The number of aryl methyl sites for hydroxylation is 1. The summed E-state index contributed by atoms with van der Waals surface area (Å²) in [7, 11) is 0. The van der Waals surface area contributed by atoms with Gasteiger partial charge in [0.25, 0.3) is 0 Å². The highest BCUT2D eigenvalue weighted by Gasteiger charge is 2.34. The highest BCUT2D eigenvalue weighted by atomic mass is 19.4. The van der Waals surface area contributed by atoms with Crippen molar-refractivity contribution in [1.29, 1.82) is 0 Å². The van der Waals surface area contributed by atoms with Gasteiger partial charge in [-0.15, -0.1) is 0 Å². The fraction of sp³-hybridized carbons (Fsp3) is 0.562. The summed E-state index contributed by atoms with van der Waals surface area (Å²) in [5, 5.41) is 11.8. The number of benzene rings is 1. The van der Waals surface area contributed by atoms with Gasteiger partial charge in [-0.05, 0) is 18.9 Å². The smallest absolute Gasteiger partial charge is 0.395 e. The number of aliphatic hydroxyl groups is 1. The summed E-state index contributed by atoms with van der Waals surface area (Å²) in [5.41, 5.74) is 1.93. The van der Waals surface area contributed by atoms with Crippen molar-refractivity contribution in [2.24, 2.45) is 0 Å². The van der Waals surface area contributed by atoms with Crippen LogP contribution in [0.3, 0.4) is 0 Å². The molecule has 1 aromatic carbocycles. The summed E-state index contributed by atoms with van der Waals surface area (Å²) in [6.07, 6.45) is -4.09. The first-order valence-electron chi connectivity index (χ1n) is 7.49. The van der Waals surface area contributed by atoms with E-state index in [2.05, 4.69) is 5.32 Å². The second-order valence-electron chi connectivity index (χ2n) is 5.53. The van der Waals surface area contributed by atoms with Crippen molar-refractivity contribution in [3.63, 3.8) is 0 Å². The molecule has 0 bridgehead atoms. The van der Waals surface area contributed by atoms with E-state index < -0.39 is 37.8 Å². The van der Waals surface area contributed by atoms with Gasteiger partial charge >= 0.3 is 6.18 Å². The van der Waals surface area contributed by atoms with Gasteiger partial charge in [-0.3, -0.25) is 9.69 Å². The van der Waals surface area contributed by atoms with Gasteiger partial charge in [0.1, 0.15) is 0 Å². The third-order valence-electron chi connectivity index (χ3n) is 3.50. The molecule has 4 nitrogen and oxygen atoms in total. The van der Waals surface area contributed by atoms with Gasteiger partial charge in [0.05, 0.1) is 19.7 Å². The van der Waals surface area contributed by atoms with E-state index in [1.807, 2.05) is 31.2 Å². The number of halogens is 3. The Labute approximate surface area is 134 Å². The molecule has 1 rings (SSSR count). The Morgan fingerprint density at radius 3 is 2.61 bits per heavy atom. The lowest BCUT2D eigenvalue weighted by molar-refractivity contribution is -0.155. The molecule has 0 aliphatic heterocycles. The van der Waals surface area contributed by atoms with E-state index in [0.29, 0.717) is 6.42 Å². The Balaban J connectivity index is 2.61. The fourth-order valence-electron chi connectivity index (χ4n) is 2.31. The number of rotatable bonds is 8. The largest absolute Gasteiger partial charge is 0.401 e. The average molecular weight is 332 g/mol. The first-order chi connectivity index (χ1) is 10.7. The van der Waals surface area contributed by atoms with Crippen molar-refractivity contribution >= 4 is 5.91 Å². The minimum absolute atomic E-state index is 0.260. The van der Waals surface area contributed by atoms with Crippen LogP contribution >= 0.6 is 0 Å². The van der Waals surface area contributed by atoms with E-state index in [1.165, 1.54) is 0 Å². The van der Waals surface area contributed by atoms with E-state index in [0.717, 1.165) is 16.0 Å². The van der Waals surface area contributed by atoms with Crippen LogP contribution in [-0.4, -0.2) is 47.8 Å². The lowest BCUT2D eigenvalue weighted by Crippen LogP contribution is -2.48. The Morgan fingerprint density at radius 2 is 2.09 bits per heavy atom. The molecule has 0 saturated carbocycles. The van der Waals surface area contributed by atoms with Gasteiger partial charge < -0.3 is 10.4 Å². The number of nitrogens with one attached hydrogen (secondary N) is 1. The van der Waals surface area contributed by atoms with Crippen LogP contribution in [0.25, 0.3) is 0 Å². The molecule has 130 valence electrons. The molecule has 0 radical (unpaired) electrons. The van der Waals surface area contributed by atoms with Crippen LogP contribution < -0.4 is 5.32 Å². The quantitative estimate of drug-likeness (QED) is 0.768. The topological polar surface area (TPSA) is 52.6 Å². The maximum atomic E-state index is 12.6. The van der Waals surface area contributed by atoms with E-state index in [9.17, 15) is 23.1 Å². The first kappa shape index (κ1) is 19.4. The Morgan fingerprint density at radius 1 is 1.39 bits per heavy atom. The molecule has 0 aliphatic carbocycles. The summed E-state index contributed by atoms with van der Waals surface area (Å²) in [4.78, 5) is 12.9. The van der Waals surface area contributed by atoms with Crippen LogP contribution in [0.1, 0.15) is 24.5 Å². The standard InChI is InChI=1S/C16H23F3N2O2/c1-3-14(10-22)21(11-16(17,18)19)9-15(23)20-8-13-6-4-5-12(2)7-13/h4-7,14,22H,3,8-11H2,1-2H3,(H,20,23)/t14-/m0/s1. The number of amides is 1. The lowest BCUT2D eigenvalue weighted by atomic mass is 10.1. The fourth-order valence-corrected chi connectivity index (χ4v) is 2.31. The molecule has 1 atom stereocenters. The molecule has 2 N–H and O–H groups in total. The van der Waals surface area contributed by atoms with Crippen molar-refractivity contribution in [3.8, 4) is 0 Å². The van der Waals surface area contributed by atoms with Crippen LogP contribution in [0.4, 0.5) is 13.2 Å². The van der Waals surface area contributed by atoms with Crippen molar-refractivity contribution in [2.45, 2.75) is 39.0 Å². The Hall–Kier alpha value is -1.60. The second-order valence-corrected chi connectivity index (χ2v) is 5.53. The maximum absolute atomic E-state index is 12.6. The zero-order valence-electron chi connectivity index (χ0n) is 13.4. The van der Waals surface area contributed by atoms with Crippen molar-refractivity contribution in [1.82, 2.24) is 10.2 Å². The van der Waals surface area contributed by atoms with Crippen molar-refractivity contribution in [3.05, 3.63) is 35.4 Å². The molecule has 1 aromatic rings. The lowest BCUT2D eigenvalue weighted by Gasteiger charge is -2.29. The highest BCUT2D eigenvalue weighted by molar-refractivity contribution is 5.78. The van der Waals surface area contributed by atoms with E-state index in [1.54, 1.807) is 6.92 Å². The predicted octanol–water partition coefficient (Wildman–Crippen LogP) is 2.25. The number of alkyl halides is 3. The van der Waals surface area contributed by atoms with Crippen LogP contribution in [0.2, 0.25) is 0 Å². The summed E-state index contributed by atoms with van der Waals surface area (Å²) in [6.45, 7) is 1.82. The summed E-state index contributed by atoms with van der Waals surface area (Å²) < 4.78 is 37.9. The number of aliphatic hydroxyl groups excluding tert-OH is 1. The monoisotopic (exact) mass is 332 g/mol. The average Bonchev–Trinajstić information content (AvgIpc) is 2.45. The summed E-state index contributed by atoms with van der Waals surface area (Å²) in [6, 6.07) is 6.82. The normalized spacial score (nSPS) is 13.2. The van der Waals surface area contributed by atoms with Gasteiger partial charge in [0.15, 0.2) is 0 Å². The molecule has 0 spiro atoms. The van der Waals surface area contributed by atoms with Crippen LogP contribution in [0.5, 0.6) is 0 Å². The second kappa shape index (κ2) is 8.88. The highest BCUT2D eigenvalue weighted by Crippen LogP contribution is 2.18. The minimum Gasteiger partial charge on any atom is -0.395 e. The molecular formula is C16H23F3N2O2. The van der Waals surface area contributed by atoms with Crippen LogP contribution in [0.15, 0.2) is 24.3 Å². The van der Waals surface area contributed by atoms with E-state index in [4.69, 9.17) is 0 Å². The number of nitrogens with zero attached hydrogens (tertiary/aromatic N) is 1. The first-order valence-corrected chi connectivity index (χ1v) is 7.49. The number of carbonyl (C=O) groups excluding carboxylic acids is 1. The van der Waals surface area contributed by atoms with Gasteiger partial charge in [0, 0.05) is 12.6 Å². The zero-order valence-corrected chi connectivity index (χ0v) is 13.4. The molecule has 0 saturated heterocycles. The third-order valence-corrected chi connectivity index (χ3v) is 3.50. The van der Waals surface area contributed by atoms with Gasteiger partial charge in [0.2, 0.25) is 5.91 Å². The molecule has 0 unspecified atom stereocenters. The molecule has 0 aromatic heterocycles. The molecule has 0 fully saturated rings. The van der Waals surface area contributed by atoms with Gasteiger partial charge in [-0.25, -0.2) is 0 Å². The molecule has 0 aliphatic rings. The number of hydrogen-bond acceptors (Lipinski definition) is 3. The Kier molecular flexibility index (Phi) is 7.51. The number of hydrogen-bond donors (Lipinski definition) is 2. The summed E-state index contributed by atoms with van der Waals surface area (Å²) in [5.74, 6) is -0.498. The molecule has 1 amide bonds. The Bertz CT molecular complexity index is 502. The van der Waals surface area contributed by atoms with Gasteiger partial charge in [-0.1, -0.05) is 36.8 Å². The van der Waals surface area contributed by atoms with Crippen molar-refractivity contribution < 1.29 is 23.1 Å². The minimum atomic E-state index is -4.42. The van der Waals surface area contributed by atoms with E-state index >= 15 is 0 Å². The van der Waals surface area contributed by atoms with Crippen LogP contribution in [0, 0.1) is 6.92 Å². The molecular weight excluding hydrogens is 309 g/mol. The molecule has 7 heteroatoms. The summed E-state index contributed by atoms with van der Waals surface area (Å²) >= 11 is 0.